The van der Waals surface area contributed by atoms with E-state index >= 15 is 0 Å². The lowest BCUT2D eigenvalue weighted by atomic mass is 10.2. The predicted molar refractivity (Wildman–Crippen MR) is 98.3 cm³/mol. The van der Waals surface area contributed by atoms with Gasteiger partial charge in [-0.2, -0.15) is 0 Å². The number of aromatic nitrogens is 1. The average Bonchev–Trinajstić information content (AvgIpc) is 3.05. The molecule has 8 heteroatoms. The van der Waals surface area contributed by atoms with Gasteiger partial charge >= 0.3 is 0 Å². The number of carbonyl (C=O) groups is 2. The highest BCUT2D eigenvalue weighted by Gasteiger charge is 2.21. The van der Waals surface area contributed by atoms with Gasteiger partial charge in [0.05, 0.1) is 6.54 Å². The number of hydrogen-bond acceptors (Lipinski definition) is 5. The summed E-state index contributed by atoms with van der Waals surface area (Å²) < 4.78 is 18.1. The van der Waals surface area contributed by atoms with Crippen molar-refractivity contribution >= 4 is 23.7 Å². The summed E-state index contributed by atoms with van der Waals surface area (Å²) in [5.41, 5.74) is 0.641. The number of rotatable bonds is 5. The Balaban J connectivity index is 1.44. The Morgan fingerprint density at radius 1 is 1.26 bits per heavy atom. The SMILES string of the molecule is Cc1cc(NC(=O)CN2CCN(C(=O)/C=C/c3cccc(F)c3)CC2)no1. The number of aryl methyl sites for hydroxylation is 1. The predicted octanol–water partition coefficient (Wildman–Crippen LogP) is 1.92. The second kappa shape index (κ2) is 8.59. The number of nitrogens with one attached hydrogen (secondary N) is 1. The number of hydrogen-bond donors (Lipinski definition) is 1. The van der Waals surface area contributed by atoms with E-state index in [1.165, 1.54) is 18.2 Å². The van der Waals surface area contributed by atoms with Gasteiger partial charge in [0.1, 0.15) is 11.6 Å². The van der Waals surface area contributed by atoms with Gasteiger partial charge in [-0.15, -0.1) is 0 Å². The zero-order valence-electron chi connectivity index (χ0n) is 15.0. The van der Waals surface area contributed by atoms with Gasteiger partial charge in [-0.1, -0.05) is 17.3 Å². The van der Waals surface area contributed by atoms with Crippen molar-refractivity contribution in [3.8, 4) is 0 Å². The summed E-state index contributed by atoms with van der Waals surface area (Å²) in [5, 5.41) is 6.40. The molecule has 0 bridgehead atoms. The van der Waals surface area contributed by atoms with E-state index in [4.69, 9.17) is 4.52 Å². The van der Waals surface area contributed by atoms with Crippen LogP contribution in [0, 0.1) is 12.7 Å². The summed E-state index contributed by atoms with van der Waals surface area (Å²) in [7, 11) is 0. The van der Waals surface area contributed by atoms with Crippen molar-refractivity contribution in [1.82, 2.24) is 15.0 Å². The number of nitrogens with zero attached hydrogens (tertiary/aromatic N) is 3. The zero-order chi connectivity index (χ0) is 19.2. The molecule has 0 saturated carbocycles. The molecule has 142 valence electrons. The van der Waals surface area contributed by atoms with Crippen LogP contribution in [0.3, 0.4) is 0 Å². The molecule has 0 radical (unpaired) electrons. The summed E-state index contributed by atoms with van der Waals surface area (Å²) in [4.78, 5) is 28.0. The summed E-state index contributed by atoms with van der Waals surface area (Å²) in [6, 6.07) is 7.72. The van der Waals surface area contributed by atoms with E-state index in [1.54, 1.807) is 36.1 Å². The normalized spacial score (nSPS) is 15.3. The van der Waals surface area contributed by atoms with Crippen LogP contribution in [0.25, 0.3) is 6.08 Å². The zero-order valence-corrected chi connectivity index (χ0v) is 15.0. The second-order valence-corrected chi connectivity index (χ2v) is 6.36. The molecule has 0 atom stereocenters. The van der Waals surface area contributed by atoms with Crippen LogP contribution in [0.15, 0.2) is 40.9 Å². The maximum atomic E-state index is 13.2. The molecule has 1 saturated heterocycles. The van der Waals surface area contributed by atoms with Crippen LogP contribution in [-0.2, 0) is 9.59 Å². The number of amides is 2. The largest absolute Gasteiger partial charge is 0.360 e. The van der Waals surface area contributed by atoms with E-state index in [-0.39, 0.29) is 24.2 Å². The van der Waals surface area contributed by atoms with E-state index in [1.807, 2.05) is 4.90 Å². The lowest BCUT2D eigenvalue weighted by Crippen LogP contribution is -2.50. The van der Waals surface area contributed by atoms with Crippen LogP contribution in [-0.4, -0.2) is 59.5 Å². The molecule has 3 rings (SSSR count). The lowest BCUT2D eigenvalue weighted by molar-refractivity contribution is -0.127. The van der Waals surface area contributed by atoms with Crippen molar-refractivity contribution in [1.29, 1.82) is 0 Å². The number of halogens is 1. The van der Waals surface area contributed by atoms with Crippen molar-refractivity contribution in [3.63, 3.8) is 0 Å². The van der Waals surface area contributed by atoms with Crippen molar-refractivity contribution in [2.24, 2.45) is 0 Å². The Labute approximate surface area is 156 Å². The third kappa shape index (κ3) is 5.49. The lowest BCUT2D eigenvalue weighted by Gasteiger charge is -2.33. The van der Waals surface area contributed by atoms with Crippen molar-refractivity contribution in [3.05, 3.63) is 53.5 Å². The Morgan fingerprint density at radius 2 is 2.04 bits per heavy atom. The summed E-state index contributed by atoms with van der Waals surface area (Å²) in [5.74, 6) is 0.394. The van der Waals surface area contributed by atoms with Crippen LogP contribution in [0.4, 0.5) is 10.2 Å². The quantitative estimate of drug-likeness (QED) is 0.812. The molecule has 1 N–H and O–H groups in total. The van der Waals surface area contributed by atoms with E-state index in [0.717, 1.165) is 0 Å². The fraction of sp³-hybridized carbons (Fsp3) is 0.316. The third-order valence-electron chi connectivity index (χ3n) is 4.21. The molecule has 1 aliphatic heterocycles. The average molecular weight is 372 g/mol. The molecule has 1 fully saturated rings. The van der Waals surface area contributed by atoms with Crippen LogP contribution in [0.2, 0.25) is 0 Å². The van der Waals surface area contributed by atoms with Crippen molar-refractivity contribution in [2.75, 3.05) is 38.0 Å². The first kappa shape index (κ1) is 18.8. The van der Waals surface area contributed by atoms with Gasteiger partial charge < -0.3 is 14.7 Å². The van der Waals surface area contributed by atoms with Crippen LogP contribution >= 0.6 is 0 Å². The summed E-state index contributed by atoms with van der Waals surface area (Å²) in [6.07, 6.45) is 3.05. The molecule has 1 aromatic carbocycles. The third-order valence-corrected chi connectivity index (χ3v) is 4.21. The number of anilines is 1. The highest BCUT2D eigenvalue weighted by molar-refractivity contribution is 5.92. The molecule has 0 unspecified atom stereocenters. The second-order valence-electron chi connectivity index (χ2n) is 6.36. The summed E-state index contributed by atoms with van der Waals surface area (Å²) >= 11 is 0. The first-order valence-corrected chi connectivity index (χ1v) is 8.68. The molecular weight excluding hydrogens is 351 g/mol. The van der Waals surface area contributed by atoms with Gasteiger partial charge in [-0.3, -0.25) is 14.5 Å². The fourth-order valence-electron chi connectivity index (χ4n) is 2.82. The van der Waals surface area contributed by atoms with Gasteiger partial charge in [0.2, 0.25) is 11.8 Å². The maximum absolute atomic E-state index is 13.2. The van der Waals surface area contributed by atoms with E-state index < -0.39 is 0 Å². The van der Waals surface area contributed by atoms with Gasteiger partial charge in [0, 0.05) is 38.3 Å². The van der Waals surface area contributed by atoms with Crippen LogP contribution in [0.5, 0.6) is 0 Å². The van der Waals surface area contributed by atoms with Crippen molar-refractivity contribution in [2.45, 2.75) is 6.92 Å². The first-order chi connectivity index (χ1) is 13.0. The van der Waals surface area contributed by atoms with Crippen LogP contribution < -0.4 is 5.32 Å². The Kier molecular flexibility index (Phi) is 5.97. The van der Waals surface area contributed by atoms with E-state index in [0.29, 0.717) is 43.3 Å². The maximum Gasteiger partial charge on any atom is 0.246 e. The molecule has 0 aliphatic carbocycles. The highest BCUT2D eigenvalue weighted by atomic mass is 19.1. The van der Waals surface area contributed by atoms with Gasteiger partial charge in [0.25, 0.3) is 0 Å². The smallest absolute Gasteiger partial charge is 0.246 e. The van der Waals surface area contributed by atoms with Crippen LogP contribution in [0.1, 0.15) is 11.3 Å². The van der Waals surface area contributed by atoms with Gasteiger partial charge in [-0.05, 0) is 30.7 Å². The fourth-order valence-corrected chi connectivity index (χ4v) is 2.82. The molecule has 2 amide bonds. The molecule has 2 heterocycles. The molecular formula is C19H21FN4O3. The Bertz CT molecular complexity index is 841. The molecule has 27 heavy (non-hydrogen) atoms. The standard InChI is InChI=1S/C19H21FN4O3/c1-14-11-17(22-27-14)21-18(25)13-23-7-9-24(10-8-23)19(26)6-5-15-3-2-4-16(20)12-15/h2-6,11-12H,7-10,13H2,1H3,(H,21,22,25)/b6-5+. The topological polar surface area (TPSA) is 78.7 Å². The van der Waals surface area contributed by atoms with Gasteiger partial charge in [-0.25, -0.2) is 4.39 Å². The first-order valence-electron chi connectivity index (χ1n) is 8.68. The minimum Gasteiger partial charge on any atom is -0.360 e. The molecule has 1 aromatic heterocycles. The number of piperazine rings is 1. The Morgan fingerprint density at radius 3 is 2.70 bits per heavy atom. The molecule has 1 aliphatic rings. The number of benzene rings is 1. The molecule has 0 spiro atoms. The minimum atomic E-state index is -0.336. The highest BCUT2D eigenvalue weighted by Crippen LogP contribution is 2.09. The summed E-state index contributed by atoms with van der Waals surface area (Å²) in [6.45, 7) is 4.25. The number of carbonyl (C=O) groups excluding carboxylic acids is 2. The molecule has 7 nitrogen and oxygen atoms in total. The Hall–Kier alpha value is -3.00. The van der Waals surface area contributed by atoms with Crippen molar-refractivity contribution < 1.29 is 18.5 Å². The van der Waals surface area contributed by atoms with Gasteiger partial charge in [0.15, 0.2) is 5.82 Å². The molecule has 2 aromatic rings. The van der Waals surface area contributed by atoms with E-state index in [2.05, 4.69) is 10.5 Å². The van der Waals surface area contributed by atoms with E-state index in [9.17, 15) is 14.0 Å². The monoisotopic (exact) mass is 372 g/mol. The minimum absolute atomic E-state index is 0.124.